The van der Waals surface area contributed by atoms with E-state index in [1.54, 1.807) is 6.08 Å². The second-order valence-corrected chi connectivity index (χ2v) is 3.31. The summed E-state index contributed by atoms with van der Waals surface area (Å²) in [6.07, 6.45) is 1.93. The van der Waals surface area contributed by atoms with Crippen LogP contribution in [0.2, 0.25) is 0 Å². The van der Waals surface area contributed by atoms with Crippen LogP contribution in [0, 0.1) is 5.41 Å². The predicted octanol–water partition coefficient (Wildman–Crippen LogP) is 2.85. The first-order valence-electron chi connectivity index (χ1n) is 3.11. The van der Waals surface area contributed by atoms with Gasteiger partial charge in [0, 0.05) is 5.54 Å². The molecule has 0 saturated carbocycles. The fourth-order valence-electron chi connectivity index (χ4n) is 0.629. The molecule has 0 saturated heterocycles. The average molecular weight is 197 g/mol. The van der Waals surface area contributed by atoms with Gasteiger partial charge in [-0.25, -0.2) is 0 Å². The average Bonchev–Trinajstić information content (AvgIpc) is 1.86. The Bertz CT molecular complexity index is 164. The van der Waals surface area contributed by atoms with Gasteiger partial charge in [-0.05, 0) is 5.41 Å². The lowest BCUT2D eigenvalue weighted by Gasteiger charge is -2.16. The molecule has 0 rings (SSSR count). The van der Waals surface area contributed by atoms with Gasteiger partial charge in [0.25, 0.3) is 0 Å². The summed E-state index contributed by atoms with van der Waals surface area (Å²) >= 11 is 10.2. The standard InChI is InChI=1S/C7H10Cl2O2/c1-7(2,3-4-8)5-6(10)11-9/h3-4H,5H2,1-2H3/b4-3+. The summed E-state index contributed by atoms with van der Waals surface area (Å²) in [6.45, 7) is 3.72. The Morgan fingerprint density at radius 3 is 2.55 bits per heavy atom. The van der Waals surface area contributed by atoms with Crippen molar-refractivity contribution >= 4 is 29.4 Å². The highest BCUT2D eigenvalue weighted by Crippen LogP contribution is 2.23. The zero-order chi connectivity index (χ0) is 8.91. The summed E-state index contributed by atoms with van der Waals surface area (Å²) < 4.78 is 3.99. The van der Waals surface area contributed by atoms with Crippen LogP contribution in [-0.4, -0.2) is 5.97 Å². The lowest BCUT2D eigenvalue weighted by atomic mass is 9.90. The van der Waals surface area contributed by atoms with Crippen molar-refractivity contribution in [1.29, 1.82) is 0 Å². The SMILES string of the molecule is CC(C)(/C=C/Cl)CC(=O)OCl. The third-order valence-electron chi connectivity index (χ3n) is 1.20. The molecule has 0 fully saturated rings. The molecule has 4 heteroatoms. The van der Waals surface area contributed by atoms with E-state index in [0.717, 1.165) is 0 Å². The molecule has 11 heavy (non-hydrogen) atoms. The second kappa shape index (κ2) is 4.62. The zero-order valence-electron chi connectivity index (χ0n) is 6.43. The Morgan fingerprint density at radius 1 is 1.64 bits per heavy atom. The lowest BCUT2D eigenvalue weighted by molar-refractivity contribution is -0.135. The normalized spacial score (nSPS) is 12.0. The Balaban J connectivity index is 4.01. The van der Waals surface area contributed by atoms with Crippen LogP contribution in [0.4, 0.5) is 0 Å². The molecule has 0 bridgehead atoms. The molecular weight excluding hydrogens is 187 g/mol. The zero-order valence-corrected chi connectivity index (χ0v) is 7.95. The molecule has 0 amide bonds. The highest BCUT2D eigenvalue weighted by atomic mass is 35.5. The van der Waals surface area contributed by atoms with Crippen molar-refractivity contribution in [3.05, 3.63) is 11.6 Å². The van der Waals surface area contributed by atoms with E-state index >= 15 is 0 Å². The van der Waals surface area contributed by atoms with Crippen molar-refractivity contribution in [3.63, 3.8) is 0 Å². The van der Waals surface area contributed by atoms with E-state index in [9.17, 15) is 4.79 Å². The van der Waals surface area contributed by atoms with Crippen molar-refractivity contribution in [3.8, 4) is 0 Å². The number of hydrogen-bond acceptors (Lipinski definition) is 2. The van der Waals surface area contributed by atoms with Crippen molar-refractivity contribution in [2.45, 2.75) is 20.3 Å². The van der Waals surface area contributed by atoms with Crippen LogP contribution in [0.1, 0.15) is 20.3 Å². The molecule has 0 heterocycles. The molecule has 0 atom stereocenters. The minimum atomic E-state index is -0.452. The molecule has 0 aliphatic rings. The summed E-state index contributed by atoms with van der Waals surface area (Å²) in [5, 5.41) is 0. The summed E-state index contributed by atoms with van der Waals surface area (Å²) in [4.78, 5) is 10.7. The van der Waals surface area contributed by atoms with Crippen LogP contribution >= 0.6 is 23.5 Å². The molecular formula is C7H10Cl2O2. The van der Waals surface area contributed by atoms with Crippen molar-refractivity contribution < 1.29 is 9.08 Å². The summed E-state index contributed by atoms with van der Waals surface area (Å²) in [5.74, 6) is -0.452. The van der Waals surface area contributed by atoms with Gasteiger partial charge in [-0.2, -0.15) is 0 Å². The van der Waals surface area contributed by atoms with Gasteiger partial charge >= 0.3 is 5.97 Å². The smallest absolute Gasteiger partial charge is 0.325 e. The van der Waals surface area contributed by atoms with Gasteiger partial charge in [0.2, 0.25) is 0 Å². The maximum absolute atomic E-state index is 10.7. The Labute approximate surface area is 76.3 Å². The molecule has 0 aromatic heterocycles. The maximum Gasteiger partial charge on any atom is 0.325 e. The van der Waals surface area contributed by atoms with Gasteiger partial charge in [-0.3, -0.25) is 4.79 Å². The van der Waals surface area contributed by atoms with Crippen molar-refractivity contribution in [2.24, 2.45) is 5.41 Å². The predicted molar refractivity (Wildman–Crippen MR) is 45.3 cm³/mol. The van der Waals surface area contributed by atoms with Crippen LogP contribution in [0.15, 0.2) is 11.6 Å². The lowest BCUT2D eigenvalue weighted by Crippen LogP contribution is -2.13. The van der Waals surface area contributed by atoms with Gasteiger partial charge < -0.3 is 4.29 Å². The third-order valence-corrected chi connectivity index (χ3v) is 1.50. The number of hydrogen-bond donors (Lipinski definition) is 0. The first kappa shape index (κ1) is 10.8. The molecule has 0 spiro atoms. The quantitative estimate of drug-likeness (QED) is 0.695. The highest BCUT2D eigenvalue weighted by Gasteiger charge is 2.19. The van der Waals surface area contributed by atoms with Crippen LogP contribution in [0.5, 0.6) is 0 Å². The fourth-order valence-corrected chi connectivity index (χ4v) is 1.02. The van der Waals surface area contributed by atoms with E-state index < -0.39 is 5.97 Å². The molecule has 0 radical (unpaired) electrons. The molecule has 0 aromatic rings. The van der Waals surface area contributed by atoms with E-state index in [1.165, 1.54) is 5.54 Å². The first-order valence-corrected chi connectivity index (χ1v) is 3.85. The third kappa shape index (κ3) is 5.10. The van der Waals surface area contributed by atoms with Crippen LogP contribution < -0.4 is 0 Å². The second-order valence-electron chi connectivity index (χ2n) is 2.91. The number of rotatable bonds is 3. The number of carbonyl (C=O) groups excluding carboxylic acids is 1. The van der Waals surface area contributed by atoms with Gasteiger partial charge in [0.15, 0.2) is 0 Å². The minimum absolute atomic E-state index is 0.222. The first-order chi connectivity index (χ1) is 5.02. The Kier molecular flexibility index (Phi) is 4.54. The molecule has 0 N–H and O–H groups in total. The number of halogens is 2. The minimum Gasteiger partial charge on any atom is -0.348 e. The molecule has 0 aromatic carbocycles. The topological polar surface area (TPSA) is 26.3 Å². The summed E-state index contributed by atoms with van der Waals surface area (Å²) in [6, 6.07) is 0. The fraction of sp³-hybridized carbons (Fsp3) is 0.571. The van der Waals surface area contributed by atoms with E-state index in [2.05, 4.69) is 4.29 Å². The van der Waals surface area contributed by atoms with Gasteiger partial charge in [0.05, 0.1) is 6.42 Å². The van der Waals surface area contributed by atoms with E-state index in [1.807, 2.05) is 13.8 Å². The van der Waals surface area contributed by atoms with Crippen molar-refractivity contribution in [1.82, 2.24) is 0 Å². The molecule has 64 valence electrons. The van der Waals surface area contributed by atoms with Gasteiger partial charge in [-0.15, -0.1) is 0 Å². The van der Waals surface area contributed by atoms with Gasteiger partial charge in [0.1, 0.15) is 11.9 Å². The molecule has 0 aliphatic carbocycles. The molecule has 0 unspecified atom stereocenters. The Morgan fingerprint density at radius 2 is 2.18 bits per heavy atom. The van der Waals surface area contributed by atoms with Gasteiger partial charge in [-0.1, -0.05) is 31.5 Å². The molecule has 2 nitrogen and oxygen atoms in total. The summed E-state index contributed by atoms with van der Waals surface area (Å²) in [7, 11) is 0. The summed E-state index contributed by atoms with van der Waals surface area (Å²) in [5.41, 5.74) is 1.08. The maximum atomic E-state index is 10.7. The van der Waals surface area contributed by atoms with Crippen LogP contribution in [0.25, 0.3) is 0 Å². The van der Waals surface area contributed by atoms with Crippen LogP contribution in [-0.2, 0) is 9.08 Å². The molecule has 0 aliphatic heterocycles. The van der Waals surface area contributed by atoms with Crippen molar-refractivity contribution in [2.75, 3.05) is 0 Å². The Hall–Kier alpha value is -0.210. The van der Waals surface area contributed by atoms with Crippen LogP contribution in [0.3, 0.4) is 0 Å². The number of allylic oxidation sites excluding steroid dienone is 1. The van der Waals surface area contributed by atoms with E-state index in [-0.39, 0.29) is 11.8 Å². The van der Waals surface area contributed by atoms with E-state index in [4.69, 9.17) is 23.5 Å². The van der Waals surface area contributed by atoms with E-state index in [0.29, 0.717) is 0 Å². The highest BCUT2D eigenvalue weighted by molar-refractivity contribution is 6.25. The monoisotopic (exact) mass is 196 g/mol. The largest absolute Gasteiger partial charge is 0.348 e. The number of carbonyl (C=O) groups is 1.